The summed E-state index contributed by atoms with van der Waals surface area (Å²) in [5.41, 5.74) is 0. The van der Waals surface area contributed by atoms with E-state index in [0.29, 0.717) is 5.92 Å². The maximum atomic E-state index is 11.2. The lowest BCUT2D eigenvalue weighted by molar-refractivity contribution is -0.127. The Morgan fingerprint density at radius 2 is 2.13 bits per heavy atom. The van der Waals surface area contributed by atoms with Crippen molar-refractivity contribution < 1.29 is 4.79 Å². The minimum Gasteiger partial charge on any atom is -0.343 e. The summed E-state index contributed by atoms with van der Waals surface area (Å²) in [6, 6.07) is 0. The Kier molecular flexibility index (Phi) is 3.26. The molecule has 0 radical (unpaired) electrons. The lowest BCUT2D eigenvalue weighted by Crippen LogP contribution is -2.31. The number of hydrogen-bond donors (Lipinski definition) is 0. The fourth-order valence-corrected chi connectivity index (χ4v) is 2.58. The largest absolute Gasteiger partial charge is 0.343 e. The molecule has 0 aromatic rings. The molecule has 2 fully saturated rings. The van der Waals surface area contributed by atoms with Crippen molar-refractivity contribution in [2.24, 2.45) is 5.92 Å². The summed E-state index contributed by atoms with van der Waals surface area (Å²) in [5.74, 6) is 0.927. The molecule has 2 heterocycles. The Balaban J connectivity index is 1.75. The van der Waals surface area contributed by atoms with E-state index in [4.69, 9.17) is 0 Å². The molecule has 2 rings (SSSR count). The summed E-state index contributed by atoms with van der Waals surface area (Å²) in [5, 5.41) is 0. The predicted octanol–water partition coefficient (Wildman–Crippen LogP) is 0.0597. The van der Waals surface area contributed by atoms with Gasteiger partial charge in [0.15, 0.2) is 0 Å². The number of carbonyl (C=O) groups is 1. The highest BCUT2D eigenvalue weighted by Crippen LogP contribution is 2.18. The molecule has 86 valence electrons. The van der Waals surface area contributed by atoms with Gasteiger partial charge >= 0.3 is 0 Å². The number of amides is 1. The Hall–Kier alpha value is -0.610. The predicted molar refractivity (Wildman–Crippen MR) is 59.4 cm³/mol. The summed E-state index contributed by atoms with van der Waals surface area (Å²) in [6.45, 7) is 8.23. The van der Waals surface area contributed by atoms with Gasteiger partial charge in [0.25, 0.3) is 0 Å². The topological polar surface area (TPSA) is 26.8 Å². The molecular weight excluding hydrogens is 190 g/mol. The summed E-state index contributed by atoms with van der Waals surface area (Å²) >= 11 is 0. The third kappa shape index (κ3) is 2.69. The second kappa shape index (κ2) is 4.49. The van der Waals surface area contributed by atoms with Crippen molar-refractivity contribution in [1.29, 1.82) is 0 Å². The van der Waals surface area contributed by atoms with Crippen LogP contribution in [0.25, 0.3) is 0 Å². The number of hydrogen-bond acceptors (Lipinski definition) is 3. The standard InChI is InChI=1S/C11H21N3O/c1-10(15)14-4-3-11(8-14)7-13-6-5-12(2)9-13/h11H,3-9H2,1-2H3. The number of likely N-dealkylation sites (N-methyl/N-ethyl adjacent to an activating group) is 1. The van der Waals surface area contributed by atoms with Gasteiger partial charge in [-0.15, -0.1) is 0 Å². The van der Waals surface area contributed by atoms with E-state index in [1.165, 1.54) is 19.5 Å². The van der Waals surface area contributed by atoms with Crippen LogP contribution in [0.2, 0.25) is 0 Å². The van der Waals surface area contributed by atoms with Crippen LogP contribution in [0.4, 0.5) is 0 Å². The molecule has 0 N–H and O–H groups in total. The normalized spacial score (nSPS) is 28.9. The summed E-state index contributed by atoms with van der Waals surface area (Å²) in [4.78, 5) is 18.0. The molecule has 1 amide bonds. The number of likely N-dealkylation sites (tertiary alicyclic amines) is 1. The lowest BCUT2D eigenvalue weighted by atomic mass is 10.1. The Morgan fingerprint density at radius 3 is 2.67 bits per heavy atom. The summed E-state index contributed by atoms with van der Waals surface area (Å²) in [7, 11) is 2.16. The van der Waals surface area contributed by atoms with E-state index in [1.807, 2.05) is 4.90 Å². The van der Waals surface area contributed by atoms with E-state index < -0.39 is 0 Å². The van der Waals surface area contributed by atoms with Crippen molar-refractivity contribution in [3.8, 4) is 0 Å². The van der Waals surface area contributed by atoms with Crippen LogP contribution in [0.15, 0.2) is 0 Å². The SMILES string of the molecule is CC(=O)N1CCC(CN2CCN(C)C2)C1. The fraction of sp³-hybridized carbons (Fsp3) is 0.909. The molecule has 0 spiro atoms. The molecule has 4 heteroatoms. The highest BCUT2D eigenvalue weighted by Gasteiger charge is 2.27. The zero-order chi connectivity index (χ0) is 10.8. The summed E-state index contributed by atoms with van der Waals surface area (Å²) in [6.07, 6.45) is 1.18. The molecule has 2 aliphatic heterocycles. The van der Waals surface area contributed by atoms with Crippen LogP contribution in [-0.2, 0) is 4.79 Å². The second-order valence-corrected chi connectivity index (χ2v) is 4.92. The van der Waals surface area contributed by atoms with E-state index in [0.717, 1.165) is 26.3 Å². The Labute approximate surface area is 91.8 Å². The van der Waals surface area contributed by atoms with Crippen molar-refractivity contribution in [3.05, 3.63) is 0 Å². The molecule has 2 saturated heterocycles. The smallest absolute Gasteiger partial charge is 0.219 e. The molecule has 1 unspecified atom stereocenters. The van der Waals surface area contributed by atoms with Crippen LogP contribution in [0.3, 0.4) is 0 Å². The molecule has 0 saturated carbocycles. The molecule has 2 aliphatic rings. The summed E-state index contributed by atoms with van der Waals surface area (Å²) < 4.78 is 0. The van der Waals surface area contributed by atoms with Crippen LogP contribution < -0.4 is 0 Å². The first-order valence-electron chi connectivity index (χ1n) is 5.81. The lowest BCUT2D eigenvalue weighted by Gasteiger charge is -2.20. The molecule has 0 aliphatic carbocycles. The molecule has 15 heavy (non-hydrogen) atoms. The maximum Gasteiger partial charge on any atom is 0.219 e. The van der Waals surface area contributed by atoms with E-state index in [1.54, 1.807) is 6.92 Å². The quantitative estimate of drug-likeness (QED) is 0.646. The van der Waals surface area contributed by atoms with Crippen LogP contribution in [0.5, 0.6) is 0 Å². The van der Waals surface area contributed by atoms with Crippen LogP contribution in [0, 0.1) is 5.92 Å². The maximum absolute atomic E-state index is 11.2. The minimum absolute atomic E-state index is 0.232. The highest BCUT2D eigenvalue weighted by molar-refractivity contribution is 5.73. The average Bonchev–Trinajstić information content (AvgIpc) is 2.76. The number of nitrogens with zero attached hydrogens (tertiary/aromatic N) is 3. The number of rotatable bonds is 2. The third-order valence-electron chi connectivity index (χ3n) is 3.49. The van der Waals surface area contributed by atoms with Crippen molar-refractivity contribution in [3.63, 3.8) is 0 Å². The van der Waals surface area contributed by atoms with Gasteiger partial charge in [0.1, 0.15) is 0 Å². The number of carbonyl (C=O) groups excluding carboxylic acids is 1. The van der Waals surface area contributed by atoms with Gasteiger partial charge in [0, 0.05) is 39.6 Å². The van der Waals surface area contributed by atoms with Crippen LogP contribution >= 0.6 is 0 Å². The van der Waals surface area contributed by atoms with Gasteiger partial charge in [-0.25, -0.2) is 0 Å². The van der Waals surface area contributed by atoms with Gasteiger partial charge in [0.05, 0.1) is 6.67 Å². The zero-order valence-electron chi connectivity index (χ0n) is 9.78. The van der Waals surface area contributed by atoms with Gasteiger partial charge in [-0.2, -0.15) is 0 Å². The second-order valence-electron chi connectivity index (χ2n) is 4.92. The molecule has 0 aromatic heterocycles. The first-order chi connectivity index (χ1) is 7.15. The average molecular weight is 211 g/mol. The van der Waals surface area contributed by atoms with Gasteiger partial charge < -0.3 is 4.90 Å². The molecule has 0 aromatic carbocycles. The van der Waals surface area contributed by atoms with Gasteiger partial charge in [-0.3, -0.25) is 14.6 Å². The van der Waals surface area contributed by atoms with E-state index >= 15 is 0 Å². The first-order valence-corrected chi connectivity index (χ1v) is 5.81. The third-order valence-corrected chi connectivity index (χ3v) is 3.49. The zero-order valence-corrected chi connectivity index (χ0v) is 9.78. The van der Waals surface area contributed by atoms with E-state index in [9.17, 15) is 4.79 Å². The van der Waals surface area contributed by atoms with E-state index in [2.05, 4.69) is 16.8 Å². The van der Waals surface area contributed by atoms with Crippen molar-refractivity contribution in [2.45, 2.75) is 13.3 Å². The molecule has 4 nitrogen and oxygen atoms in total. The fourth-order valence-electron chi connectivity index (χ4n) is 2.58. The first kappa shape index (κ1) is 10.9. The van der Waals surface area contributed by atoms with Gasteiger partial charge in [-0.1, -0.05) is 0 Å². The molecular formula is C11H21N3O. The molecule has 0 bridgehead atoms. The minimum atomic E-state index is 0.232. The van der Waals surface area contributed by atoms with Crippen molar-refractivity contribution in [1.82, 2.24) is 14.7 Å². The monoisotopic (exact) mass is 211 g/mol. The van der Waals surface area contributed by atoms with Gasteiger partial charge in [-0.05, 0) is 19.4 Å². The van der Waals surface area contributed by atoms with Crippen molar-refractivity contribution in [2.75, 3.05) is 46.4 Å². The molecule has 1 atom stereocenters. The Morgan fingerprint density at radius 1 is 1.33 bits per heavy atom. The van der Waals surface area contributed by atoms with Gasteiger partial charge in [0.2, 0.25) is 5.91 Å². The van der Waals surface area contributed by atoms with Crippen LogP contribution in [0.1, 0.15) is 13.3 Å². The van der Waals surface area contributed by atoms with Crippen LogP contribution in [-0.4, -0.2) is 67.0 Å². The van der Waals surface area contributed by atoms with E-state index in [-0.39, 0.29) is 5.91 Å². The highest BCUT2D eigenvalue weighted by atomic mass is 16.2. The van der Waals surface area contributed by atoms with Crippen molar-refractivity contribution >= 4 is 5.91 Å². The Bertz CT molecular complexity index is 244.